The molecule has 96 valence electrons. The van der Waals surface area contributed by atoms with Gasteiger partial charge in [0.05, 0.1) is 16.1 Å². The molecule has 4 nitrogen and oxygen atoms in total. The molecule has 2 aromatic rings. The van der Waals surface area contributed by atoms with E-state index in [0.717, 1.165) is 35.1 Å². The van der Waals surface area contributed by atoms with Gasteiger partial charge in [0.2, 0.25) is 0 Å². The molecule has 18 heavy (non-hydrogen) atoms. The van der Waals surface area contributed by atoms with E-state index in [-0.39, 0.29) is 0 Å². The van der Waals surface area contributed by atoms with Crippen LogP contribution in [-0.2, 0) is 13.2 Å². The Hall–Kier alpha value is -1.46. The zero-order valence-corrected chi connectivity index (χ0v) is 11.5. The van der Waals surface area contributed by atoms with Gasteiger partial charge >= 0.3 is 0 Å². The van der Waals surface area contributed by atoms with Crippen molar-refractivity contribution in [2.45, 2.75) is 27.0 Å². The lowest BCUT2D eigenvalue weighted by molar-refractivity contribution is 0.303. The van der Waals surface area contributed by atoms with Crippen LogP contribution in [0.15, 0.2) is 23.8 Å². The predicted octanol–water partition coefficient (Wildman–Crippen LogP) is 2.54. The van der Waals surface area contributed by atoms with Crippen LogP contribution in [0.3, 0.4) is 0 Å². The molecule has 0 aliphatic carbocycles. The van der Waals surface area contributed by atoms with Crippen LogP contribution in [0, 0.1) is 6.92 Å². The van der Waals surface area contributed by atoms with Crippen molar-refractivity contribution in [2.24, 2.45) is 0 Å². The quantitative estimate of drug-likeness (QED) is 0.870. The Morgan fingerprint density at radius 3 is 3.00 bits per heavy atom. The number of rotatable bonds is 6. The second-order valence-electron chi connectivity index (χ2n) is 3.93. The third-order valence-electron chi connectivity index (χ3n) is 2.47. The molecule has 0 bridgehead atoms. The van der Waals surface area contributed by atoms with E-state index in [1.807, 2.05) is 30.8 Å². The summed E-state index contributed by atoms with van der Waals surface area (Å²) < 4.78 is 5.80. The molecule has 0 atom stereocenters. The van der Waals surface area contributed by atoms with Gasteiger partial charge in [-0.2, -0.15) is 0 Å². The van der Waals surface area contributed by atoms with Gasteiger partial charge in [-0.3, -0.25) is 9.97 Å². The summed E-state index contributed by atoms with van der Waals surface area (Å²) in [6.07, 6.45) is 1.83. The third kappa shape index (κ3) is 3.51. The molecular weight excluding hydrogens is 246 g/mol. The first-order valence-electron chi connectivity index (χ1n) is 5.97. The molecule has 0 aliphatic heterocycles. The lowest BCUT2D eigenvalue weighted by atomic mass is 10.3. The second kappa shape index (κ2) is 6.47. The molecular formula is C13H17N3OS. The number of hydrogen-bond donors (Lipinski definition) is 1. The van der Waals surface area contributed by atoms with Crippen molar-refractivity contribution in [3.63, 3.8) is 0 Å². The molecule has 2 rings (SSSR count). The molecule has 0 fully saturated rings. The summed E-state index contributed by atoms with van der Waals surface area (Å²) in [5, 5.41) is 3.27. The highest BCUT2D eigenvalue weighted by Gasteiger charge is 2.06. The monoisotopic (exact) mass is 263 g/mol. The van der Waals surface area contributed by atoms with Crippen molar-refractivity contribution in [3.05, 3.63) is 40.1 Å². The van der Waals surface area contributed by atoms with Crippen LogP contribution in [0.4, 0.5) is 0 Å². The Morgan fingerprint density at radius 2 is 2.28 bits per heavy atom. The minimum absolute atomic E-state index is 0.550. The van der Waals surface area contributed by atoms with Crippen molar-refractivity contribution in [1.29, 1.82) is 0 Å². The Morgan fingerprint density at radius 1 is 1.39 bits per heavy atom. The number of aromatic nitrogens is 2. The minimum atomic E-state index is 0.550. The van der Waals surface area contributed by atoms with Crippen LogP contribution in [0.2, 0.25) is 0 Å². The molecule has 2 heterocycles. The van der Waals surface area contributed by atoms with Gasteiger partial charge in [-0.25, -0.2) is 0 Å². The SMILES string of the molecule is CCNCc1nc(C)ccc1OCc1cncs1. The van der Waals surface area contributed by atoms with E-state index in [9.17, 15) is 0 Å². The lowest BCUT2D eigenvalue weighted by Gasteiger charge is -2.11. The summed E-state index contributed by atoms with van der Waals surface area (Å²) in [7, 11) is 0. The van der Waals surface area contributed by atoms with E-state index in [0.29, 0.717) is 6.61 Å². The van der Waals surface area contributed by atoms with Crippen LogP contribution in [0.25, 0.3) is 0 Å². The van der Waals surface area contributed by atoms with E-state index in [2.05, 4.69) is 22.2 Å². The van der Waals surface area contributed by atoms with Crippen molar-refractivity contribution < 1.29 is 4.74 Å². The van der Waals surface area contributed by atoms with E-state index in [1.54, 1.807) is 11.3 Å². The number of nitrogens with zero attached hydrogens (tertiary/aromatic N) is 2. The molecule has 0 aromatic carbocycles. The summed E-state index contributed by atoms with van der Waals surface area (Å²) in [6, 6.07) is 3.95. The third-order valence-corrected chi connectivity index (χ3v) is 3.22. The van der Waals surface area contributed by atoms with Crippen LogP contribution >= 0.6 is 11.3 Å². The van der Waals surface area contributed by atoms with Crippen molar-refractivity contribution in [3.8, 4) is 5.75 Å². The van der Waals surface area contributed by atoms with Gasteiger partial charge in [0.15, 0.2) is 0 Å². The molecule has 0 aliphatic rings. The fourth-order valence-corrected chi connectivity index (χ4v) is 2.07. The first-order valence-corrected chi connectivity index (χ1v) is 6.85. The Bertz CT molecular complexity index is 485. The molecule has 0 radical (unpaired) electrons. The number of pyridine rings is 1. The normalized spacial score (nSPS) is 10.6. The number of ether oxygens (including phenoxy) is 1. The van der Waals surface area contributed by atoms with Gasteiger partial charge in [-0.05, 0) is 25.6 Å². The number of aryl methyl sites for hydroxylation is 1. The zero-order chi connectivity index (χ0) is 12.8. The van der Waals surface area contributed by atoms with E-state index in [1.165, 1.54) is 0 Å². The molecule has 5 heteroatoms. The summed E-state index contributed by atoms with van der Waals surface area (Å²) in [5.74, 6) is 0.843. The van der Waals surface area contributed by atoms with Crippen LogP contribution in [0.1, 0.15) is 23.2 Å². The Kier molecular flexibility index (Phi) is 4.66. The molecule has 2 aromatic heterocycles. The molecule has 0 saturated heterocycles. The Balaban J connectivity index is 2.05. The van der Waals surface area contributed by atoms with Gasteiger partial charge < -0.3 is 10.1 Å². The molecule has 1 N–H and O–H groups in total. The first-order chi connectivity index (χ1) is 8.79. The van der Waals surface area contributed by atoms with E-state index in [4.69, 9.17) is 4.74 Å². The standard InChI is InChI=1S/C13H17N3OS/c1-3-14-7-12-13(5-4-10(2)16-12)17-8-11-6-15-9-18-11/h4-6,9,14H,3,7-8H2,1-2H3. The topological polar surface area (TPSA) is 47.0 Å². The zero-order valence-electron chi connectivity index (χ0n) is 10.6. The largest absolute Gasteiger partial charge is 0.486 e. The maximum Gasteiger partial charge on any atom is 0.142 e. The van der Waals surface area contributed by atoms with E-state index < -0.39 is 0 Å². The number of thiazole rings is 1. The highest BCUT2D eigenvalue weighted by atomic mass is 32.1. The smallest absolute Gasteiger partial charge is 0.142 e. The van der Waals surface area contributed by atoms with Crippen molar-refractivity contribution in [1.82, 2.24) is 15.3 Å². The lowest BCUT2D eigenvalue weighted by Crippen LogP contribution is -2.14. The summed E-state index contributed by atoms with van der Waals surface area (Å²) in [5.41, 5.74) is 3.78. The maximum atomic E-state index is 5.80. The van der Waals surface area contributed by atoms with Crippen molar-refractivity contribution >= 4 is 11.3 Å². The molecule has 0 saturated carbocycles. The Labute approximate surface area is 111 Å². The van der Waals surface area contributed by atoms with Crippen molar-refractivity contribution in [2.75, 3.05) is 6.54 Å². The van der Waals surface area contributed by atoms with E-state index >= 15 is 0 Å². The van der Waals surface area contributed by atoms with Gasteiger partial charge in [0.25, 0.3) is 0 Å². The van der Waals surface area contributed by atoms with Gasteiger partial charge in [-0.1, -0.05) is 6.92 Å². The average molecular weight is 263 g/mol. The molecule has 0 amide bonds. The summed E-state index contributed by atoms with van der Waals surface area (Å²) in [6.45, 7) is 6.27. The highest BCUT2D eigenvalue weighted by Crippen LogP contribution is 2.19. The summed E-state index contributed by atoms with van der Waals surface area (Å²) >= 11 is 1.60. The number of hydrogen-bond acceptors (Lipinski definition) is 5. The maximum absolute atomic E-state index is 5.80. The fourth-order valence-electron chi connectivity index (χ4n) is 1.56. The average Bonchev–Trinajstić information content (AvgIpc) is 2.88. The second-order valence-corrected chi connectivity index (χ2v) is 4.91. The van der Waals surface area contributed by atoms with Crippen LogP contribution in [0.5, 0.6) is 5.75 Å². The minimum Gasteiger partial charge on any atom is -0.486 e. The first kappa shape index (κ1) is 13.0. The van der Waals surface area contributed by atoms with Gasteiger partial charge in [0, 0.05) is 18.4 Å². The number of nitrogens with one attached hydrogen (secondary N) is 1. The predicted molar refractivity (Wildman–Crippen MR) is 72.8 cm³/mol. The molecule has 0 spiro atoms. The van der Waals surface area contributed by atoms with Gasteiger partial charge in [-0.15, -0.1) is 11.3 Å². The van der Waals surface area contributed by atoms with Gasteiger partial charge in [0.1, 0.15) is 12.4 Å². The highest BCUT2D eigenvalue weighted by molar-refractivity contribution is 7.09. The molecule has 0 unspecified atom stereocenters. The van der Waals surface area contributed by atoms with Crippen LogP contribution in [-0.4, -0.2) is 16.5 Å². The van der Waals surface area contributed by atoms with Crippen LogP contribution < -0.4 is 10.1 Å². The summed E-state index contributed by atoms with van der Waals surface area (Å²) in [4.78, 5) is 9.66. The fraction of sp³-hybridized carbons (Fsp3) is 0.385.